The van der Waals surface area contributed by atoms with E-state index in [9.17, 15) is 9.59 Å². The van der Waals surface area contributed by atoms with E-state index in [1.54, 1.807) is 12.4 Å². The Kier molecular flexibility index (Phi) is 5.82. The van der Waals surface area contributed by atoms with Crippen molar-refractivity contribution in [1.82, 2.24) is 30.0 Å². The van der Waals surface area contributed by atoms with E-state index in [1.807, 2.05) is 69.6 Å². The van der Waals surface area contributed by atoms with Gasteiger partial charge in [0.15, 0.2) is 5.69 Å². The highest BCUT2D eigenvalue weighted by molar-refractivity contribution is 7.09. The monoisotopic (exact) mass is 496 g/mol. The molecule has 3 aromatic heterocycles. The number of benzene rings is 2. The molecule has 5 aromatic rings. The van der Waals surface area contributed by atoms with Crippen LogP contribution in [0.15, 0.2) is 72.4 Å². The maximum absolute atomic E-state index is 13.5. The lowest BCUT2D eigenvalue weighted by Crippen LogP contribution is -2.37. The first-order chi connectivity index (χ1) is 17.7. The first-order valence-corrected chi connectivity index (χ1v) is 12.7. The summed E-state index contributed by atoms with van der Waals surface area (Å²) in [7, 11) is 0. The number of nitrogens with one attached hydrogen (secondary N) is 2. The number of carbonyl (C=O) groups is 2. The van der Waals surface area contributed by atoms with E-state index in [4.69, 9.17) is 5.10 Å². The summed E-state index contributed by atoms with van der Waals surface area (Å²) in [6.45, 7) is 1.81. The number of H-pyrrole nitrogens is 1. The van der Waals surface area contributed by atoms with Gasteiger partial charge in [0.25, 0.3) is 11.8 Å². The van der Waals surface area contributed by atoms with Crippen LogP contribution < -0.4 is 5.32 Å². The molecule has 0 aliphatic carbocycles. The fourth-order valence-electron chi connectivity index (χ4n) is 4.73. The summed E-state index contributed by atoms with van der Waals surface area (Å²) in [5.74, 6) is -0.308. The number of amides is 2. The largest absolute Gasteiger partial charge is 0.360 e. The minimum absolute atomic E-state index is 0.0527. The fraction of sp³-hybridized carbons (Fsp3) is 0.185. The number of carbonyl (C=O) groups excluding carboxylic acids is 2. The zero-order valence-electron chi connectivity index (χ0n) is 19.5. The molecule has 4 heterocycles. The van der Waals surface area contributed by atoms with E-state index in [0.717, 1.165) is 32.7 Å². The second-order valence-corrected chi connectivity index (χ2v) is 9.73. The number of rotatable bonds is 6. The molecule has 1 aliphatic rings. The molecule has 0 unspecified atom stereocenters. The lowest BCUT2D eigenvalue weighted by molar-refractivity contribution is 0.0732. The molecule has 1 aliphatic heterocycles. The van der Waals surface area contributed by atoms with Crippen molar-refractivity contribution in [3.63, 3.8) is 0 Å². The van der Waals surface area contributed by atoms with E-state index < -0.39 is 0 Å². The number of thiazole rings is 1. The summed E-state index contributed by atoms with van der Waals surface area (Å²) in [5, 5.41) is 11.3. The summed E-state index contributed by atoms with van der Waals surface area (Å²) in [4.78, 5) is 36.0. The second-order valence-electron chi connectivity index (χ2n) is 8.75. The summed E-state index contributed by atoms with van der Waals surface area (Å²) < 4.78 is 1.91. The van der Waals surface area contributed by atoms with Crippen LogP contribution in [-0.4, -0.2) is 43.0 Å². The zero-order valence-corrected chi connectivity index (χ0v) is 20.3. The van der Waals surface area contributed by atoms with E-state index in [-0.39, 0.29) is 11.8 Å². The van der Waals surface area contributed by atoms with Crippen molar-refractivity contribution >= 4 is 34.1 Å². The van der Waals surface area contributed by atoms with Gasteiger partial charge in [-0.15, -0.1) is 11.3 Å². The average Bonchev–Trinajstić information content (AvgIpc) is 3.66. The van der Waals surface area contributed by atoms with Crippen LogP contribution in [0.25, 0.3) is 10.9 Å². The lowest BCUT2D eigenvalue weighted by atomic mass is 10.0. The van der Waals surface area contributed by atoms with Crippen molar-refractivity contribution in [2.75, 3.05) is 6.54 Å². The first kappa shape index (κ1) is 22.2. The standard InChI is InChI=1S/C27H24N6O2S/c34-26(30-15-24-28-11-13-36-24)25-21-17-32(27(35)20-14-29-22-9-5-4-8-19(20)22)12-10-23(21)33(31-25)16-18-6-2-1-3-7-18/h1-9,11,13-14,29H,10,12,15-17H2,(H,30,34). The number of nitrogens with zero attached hydrogens (tertiary/aromatic N) is 4. The molecule has 8 nitrogen and oxygen atoms in total. The van der Waals surface area contributed by atoms with Gasteiger partial charge in [0.1, 0.15) is 5.01 Å². The highest BCUT2D eigenvalue weighted by atomic mass is 32.1. The molecule has 6 rings (SSSR count). The van der Waals surface area contributed by atoms with Crippen LogP contribution in [0.3, 0.4) is 0 Å². The maximum Gasteiger partial charge on any atom is 0.272 e. The Hall–Kier alpha value is -4.24. The van der Waals surface area contributed by atoms with Gasteiger partial charge in [-0.25, -0.2) is 4.98 Å². The van der Waals surface area contributed by atoms with Crippen LogP contribution in [0.5, 0.6) is 0 Å². The van der Waals surface area contributed by atoms with Gasteiger partial charge >= 0.3 is 0 Å². The Labute approximate surface area is 211 Å². The van der Waals surface area contributed by atoms with Gasteiger partial charge in [-0.2, -0.15) is 5.10 Å². The van der Waals surface area contributed by atoms with Gasteiger partial charge in [0, 0.05) is 52.9 Å². The summed E-state index contributed by atoms with van der Waals surface area (Å²) in [6, 6.07) is 17.8. The van der Waals surface area contributed by atoms with Crippen molar-refractivity contribution in [2.24, 2.45) is 0 Å². The van der Waals surface area contributed by atoms with Crippen molar-refractivity contribution in [1.29, 1.82) is 0 Å². The number of hydrogen-bond acceptors (Lipinski definition) is 5. The molecule has 0 atom stereocenters. The molecule has 9 heteroatoms. The van der Waals surface area contributed by atoms with Crippen LogP contribution >= 0.6 is 11.3 Å². The van der Waals surface area contributed by atoms with Crippen LogP contribution in [0.2, 0.25) is 0 Å². The van der Waals surface area contributed by atoms with E-state index in [1.165, 1.54) is 11.3 Å². The number of para-hydroxylation sites is 1. The topological polar surface area (TPSA) is 95.9 Å². The number of aromatic amines is 1. The Morgan fingerprint density at radius 1 is 1.08 bits per heavy atom. The molecule has 180 valence electrons. The first-order valence-electron chi connectivity index (χ1n) is 11.8. The van der Waals surface area contributed by atoms with Crippen molar-refractivity contribution in [3.05, 3.63) is 105 Å². The molecule has 0 radical (unpaired) electrons. The molecule has 0 spiro atoms. The molecule has 0 bridgehead atoms. The van der Waals surface area contributed by atoms with Crippen LogP contribution in [-0.2, 0) is 26.1 Å². The van der Waals surface area contributed by atoms with E-state index in [0.29, 0.717) is 43.9 Å². The van der Waals surface area contributed by atoms with Crippen LogP contribution in [0.1, 0.15) is 42.7 Å². The van der Waals surface area contributed by atoms with Gasteiger partial charge < -0.3 is 15.2 Å². The van der Waals surface area contributed by atoms with Gasteiger partial charge in [-0.1, -0.05) is 48.5 Å². The van der Waals surface area contributed by atoms with Gasteiger partial charge in [-0.05, 0) is 11.6 Å². The Bertz CT molecular complexity index is 1540. The molecule has 0 saturated carbocycles. The van der Waals surface area contributed by atoms with Crippen molar-refractivity contribution < 1.29 is 9.59 Å². The maximum atomic E-state index is 13.5. The lowest BCUT2D eigenvalue weighted by Gasteiger charge is -2.28. The molecule has 2 amide bonds. The third-order valence-corrected chi connectivity index (χ3v) is 7.29. The Morgan fingerprint density at radius 3 is 2.75 bits per heavy atom. The second kappa shape index (κ2) is 9.43. The molecule has 2 N–H and O–H groups in total. The zero-order chi connectivity index (χ0) is 24.5. The molecule has 0 saturated heterocycles. The van der Waals surface area contributed by atoms with Gasteiger partial charge in [-0.3, -0.25) is 14.3 Å². The third kappa shape index (κ3) is 4.18. The van der Waals surface area contributed by atoms with Crippen LogP contribution in [0.4, 0.5) is 0 Å². The number of hydrogen-bond donors (Lipinski definition) is 2. The normalized spacial score (nSPS) is 13.1. The summed E-state index contributed by atoms with van der Waals surface area (Å²) >= 11 is 1.49. The number of fused-ring (bicyclic) bond motifs is 2. The van der Waals surface area contributed by atoms with Gasteiger partial charge in [0.05, 0.1) is 25.2 Å². The minimum atomic E-state index is -0.255. The third-order valence-electron chi connectivity index (χ3n) is 6.51. The highest BCUT2D eigenvalue weighted by Crippen LogP contribution is 2.27. The highest BCUT2D eigenvalue weighted by Gasteiger charge is 2.31. The molecular weight excluding hydrogens is 472 g/mol. The summed E-state index contributed by atoms with van der Waals surface area (Å²) in [6.07, 6.45) is 4.11. The predicted octanol–water partition coefficient (Wildman–Crippen LogP) is 4.00. The predicted molar refractivity (Wildman–Crippen MR) is 138 cm³/mol. The fourth-order valence-corrected chi connectivity index (χ4v) is 5.29. The molecule has 2 aromatic carbocycles. The van der Waals surface area contributed by atoms with Crippen LogP contribution in [0, 0.1) is 0 Å². The van der Waals surface area contributed by atoms with Gasteiger partial charge in [0.2, 0.25) is 0 Å². The molecule has 0 fully saturated rings. The average molecular weight is 497 g/mol. The Morgan fingerprint density at radius 2 is 1.92 bits per heavy atom. The van der Waals surface area contributed by atoms with E-state index >= 15 is 0 Å². The molecule has 36 heavy (non-hydrogen) atoms. The summed E-state index contributed by atoms with van der Waals surface area (Å²) in [5.41, 5.74) is 4.85. The van der Waals surface area contributed by atoms with E-state index in [2.05, 4.69) is 15.3 Å². The molecular formula is C27H24N6O2S. The minimum Gasteiger partial charge on any atom is -0.360 e. The smallest absolute Gasteiger partial charge is 0.272 e. The number of aromatic nitrogens is 4. The quantitative estimate of drug-likeness (QED) is 0.371. The Balaban J connectivity index is 1.31. The SMILES string of the molecule is O=C(NCc1nccs1)c1nn(Cc2ccccc2)c2c1CN(C(=O)c1c[nH]c3ccccc13)CC2. The van der Waals surface area contributed by atoms with Crippen molar-refractivity contribution in [2.45, 2.75) is 26.1 Å². The van der Waals surface area contributed by atoms with Crippen molar-refractivity contribution in [3.8, 4) is 0 Å².